The molecule has 1 amide bonds. The van der Waals surface area contributed by atoms with E-state index in [0.717, 1.165) is 0 Å². The Kier molecular flexibility index (Phi) is 7.60. The average molecular weight is 423 g/mol. The second-order valence-corrected chi connectivity index (χ2v) is 8.10. The number of sulfonamides is 1. The standard InChI is InChI=1S/C20H26N2O6S/c1-5-20(24)22-15-7-9-19(13(2)10-15)29(25,26)21-12-16(23)14-6-8-17(27-3)18(11-14)28-4/h6-11,16,21,23H,5,12H2,1-4H3,(H,22,24)/t16-/m1/s1. The van der Waals surface area contributed by atoms with Crippen LogP contribution in [0.15, 0.2) is 41.3 Å². The lowest BCUT2D eigenvalue weighted by Crippen LogP contribution is -2.29. The summed E-state index contributed by atoms with van der Waals surface area (Å²) < 4.78 is 38.1. The maximum absolute atomic E-state index is 12.6. The highest BCUT2D eigenvalue weighted by molar-refractivity contribution is 7.89. The van der Waals surface area contributed by atoms with Crippen LogP contribution in [0, 0.1) is 6.92 Å². The molecule has 0 saturated carbocycles. The highest BCUT2D eigenvalue weighted by Gasteiger charge is 2.20. The number of rotatable bonds is 9. The lowest BCUT2D eigenvalue weighted by Gasteiger charge is -2.16. The Labute approximate surface area is 170 Å². The highest BCUT2D eigenvalue weighted by Crippen LogP contribution is 2.30. The van der Waals surface area contributed by atoms with Gasteiger partial charge in [0.15, 0.2) is 11.5 Å². The van der Waals surface area contributed by atoms with Gasteiger partial charge in [0, 0.05) is 18.7 Å². The first kappa shape index (κ1) is 22.7. The molecule has 0 fully saturated rings. The van der Waals surface area contributed by atoms with Crippen molar-refractivity contribution in [1.29, 1.82) is 0 Å². The monoisotopic (exact) mass is 422 g/mol. The summed E-state index contributed by atoms with van der Waals surface area (Å²) in [7, 11) is -0.870. The highest BCUT2D eigenvalue weighted by atomic mass is 32.2. The molecule has 0 aromatic heterocycles. The molecule has 158 valence electrons. The van der Waals surface area contributed by atoms with Crippen LogP contribution in [0.2, 0.25) is 0 Å². The van der Waals surface area contributed by atoms with Gasteiger partial charge in [-0.2, -0.15) is 0 Å². The van der Waals surface area contributed by atoms with Gasteiger partial charge in [-0.15, -0.1) is 0 Å². The zero-order valence-electron chi connectivity index (χ0n) is 16.9. The van der Waals surface area contributed by atoms with Crippen molar-refractivity contribution in [2.75, 3.05) is 26.1 Å². The summed E-state index contributed by atoms with van der Waals surface area (Å²) in [6, 6.07) is 9.41. The van der Waals surface area contributed by atoms with Crippen molar-refractivity contribution in [3.63, 3.8) is 0 Å². The molecule has 0 aliphatic carbocycles. The van der Waals surface area contributed by atoms with Gasteiger partial charge in [-0.25, -0.2) is 13.1 Å². The third kappa shape index (κ3) is 5.69. The molecule has 0 bridgehead atoms. The van der Waals surface area contributed by atoms with E-state index < -0.39 is 16.1 Å². The zero-order valence-corrected chi connectivity index (χ0v) is 17.7. The van der Waals surface area contributed by atoms with Crippen LogP contribution in [0.25, 0.3) is 0 Å². The Morgan fingerprint density at radius 1 is 1.10 bits per heavy atom. The Balaban J connectivity index is 2.12. The summed E-state index contributed by atoms with van der Waals surface area (Å²) in [5.74, 6) is 0.790. The first-order chi connectivity index (χ1) is 13.7. The molecule has 0 aliphatic heterocycles. The number of aryl methyl sites for hydroxylation is 1. The van der Waals surface area contributed by atoms with Crippen LogP contribution in [0.4, 0.5) is 5.69 Å². The summed E-state index contributed by atoms with van der Waals surface area (Å²) in [6.45, 7) is 3.15. The number of hydrogen-bond acceptors (Lipinski definition) is 6. The van der Waals surface area contributed by atoms with Gasteiger partial charge in [0.2, 0.25) is 15.9 Å². The normalized spacial score (nSPS) is 12.3. The number of anilines is 1. The maximum atomic E-state index is 12.6. The van der Waals surface area contributed by atoms with Gasteiger partial charge in [-0.1, -0.05) is 13.0 Å². The Morgan fingerprint density at radius 2 is 1.79 bits per heavy atom. The second kappa shape index (κ2) is 9.73. The topological polar surface area (TPSA) is 114 Å². The molecule has 9 heteroatoms. The van der Waals surface area contributed by atoms with Crippen molar-refractivity contribution in [3.05, 3.63) is 47.5 Å². The molecular weight excluding hydrogens is 396 g/mol. The number of nitrogens with one attached hydrogen (secondary N) is 2. The number of aliphatic hydroxyl groups excluding tert-OH is 1. The van der Waals surface area contributed by atoms with Crippen LogP contribution in [-0.4, -0.2) is 40.2 Å². The molecule has 3 N–H and O–H groups in total. The first-order valence-corrected chi connectivity index (χ1v) is 10.5. The third-order valence-electron chi connectivity index (χ3n) is 4.33. The van der Waals surface area contributed by atoms with Crippen LogP contribution >= 0.6 is 0 Å². The van der Waals surface area contributed by atoms with E-state index in [1.165, 1.54) is 26.4 Å². The minimum Gasteiger partial charge on any atom is -0.493 e. The number of aliphatic hydroxyl groups is 1. The van der Waals surface area contributed by atoms with E-state index in [4.69, 9.17) is 9.47 Å². The molecule has 0 saturated heterocycles. The first-order valence-electron chi connectivity index (χ1n) is 9.02. The van der Waals surface area contributed by atoms with E-state index >= 15 is 0 Å². The Bertz CT molecular complexity index is 975. The average Bonchev–Trinajstić information content (AvgIpc) is 2.71. The van der Waals surface area contributed by atoms with E-state index in [-0.39, 0.29) is 17.3 Å². The molecule has 2 aromatic rings. The Morgan fingerprint density at radius 3 is 2.38 bits per heavy atom. The van der Waals surface area contributed by atoms with Gasteiger partial charge >= 0.3 is 0 Å². The molecule has 2 rings (SSSR count). The number of carbonyl (C=O) groups excluding carboxylic acids is 1. The lowest BCUT2D eigenvalue weighted by atomic mass is 10.1. The van der Waals surface area contributed by atoms with E-state index in [9.17, 15) is 18.3 Å². The molecule has 29 heavy (non-hydrogen) atoms. The fraction of sp³-hybridized carbons (Fsp3) is 0.350. The quantitative estimate of drug-likeness (QED) is 0.572. The largest absolute Gasteiger partial charge is 0.493 e. The van der Waals surface area contributed by atoms with Crippen LogP contribution < -0.4 is 19.5 Å². The fourth-order valence-electron chi connectivity index (χ4n) is 2.72. The van der Waals surface area contributed by atoms with Crippen molar-refractivity contribution in [2.45, 2.75) is 31.3 Å². The van der Waals surface area contributed by atoms with Gasteiger partial charge < -0.3 is 19.9 Å². The number of hydrogen-bond donors (Lipinski definition) is 3. The molecule has 0 radical (unpaired) electrons. The molecule has 1 atom stereocenters. The number of amides is 1. The molecule has 0 heterocycles. The van der Waals surface area contributed by atoms with E-state index in [1.807, 2.05) is 0 Å². The molecule has 2 aromatic carbocycles. The second-order valence-electron chi connectivity index (χ2n) is 6.36. The molecule has 0 unspecified atom stereocenters. The minimum atomic E-state index is -3.85. The number of benzene rings is 2. The van der Waals surface area contributed by atoms with Gasteiger partial charge in [0.05, 0.1) is 25.2 Å². The Hall–Kier alpha value is -2.62. The predicted molar refractivity (Wildman–Crippen MR) is 110 cm³/mol. The summed E-state index contributed by atoms with van der Waals surface area (Å²) in [6.07, 6.45) is -0.748. The fourth-order valence-corrected chi connectivity index (χ4v) is 3.99. The van der Waals surface area contributed by atoms with E-state index in [1.54, 1.807) is 38.1 Å². The van der Waals surface area contributed by atoms with Crippen molar-refractivity contribution in [2.24, 2.45) is 0 Å². The van der Waals surface area contributed by atoms with Crippen LogP contribution in [0.1, 0.15) is 30.6 Å². The van der Waals surface area contributed by atoms with Crippen molar-refractivity contribution in [3.8, 4) is 11.5 Å². The van der Waals surface area contributed by atoms with Crippen LogP contribution in [0.3, 0.4) is 0 Å². The van der Waals surface area contributed by atoms with E-state index in [0.29, 0.717) is 34.7 Å². The summed E-state index contributed by atoms with van der Waals surface area (Å²) in [4.78, 5) is 11.6. The molecule has 8 nitrogen and oxygen atoms in total. The SMILES string of the molecule is CCC(=O)Nc1ccc(S(=O)(=O)NC[C@@H](O)c2ccc(OC)c(OC)c2)c(C)c1. The molecule has 0 aliphatic rings. The van der Waals surface area contributed by atoms with Gasteiger partial charge in [0.1, 0.15) is 0 Å². The van der Waals surface area contributed by atoms with Crippen molar-refractivity contribution in [1.82, 2.24) is 4.72 Å². The van der Waals surface area contributed by atoms with E-state index in [2.05, 4.69) is 10.0 Å². The smallest absolute Gasteiger partial charge is 0.240 e. The number of methoxy groups -OCH3 is 2. The number of ether oxygens (including phenoxy) is 2. The minimum absolute atomic E-state index is 0.0755. The summed E-state index contributed by atoms with van der Waals surface area (Å²) in [5.41, 5.74) is 1.49. The lowest BCUT2D eigenvalue weighted by molar-refractivity contribution is -0.115. The van der Waals surface area contributed by atoms with Crippen molar-refractivity contribution >= 4 is 21.6 Å². The molecule has 0 spiro atoms. The maximum Gasteiger partial charge on any atom is 0.240 e. The summed E-state index contributed by atoms with van der Waals surface area (Å²) in [5, 5.41) is 13.1. The van der Waals surface area contributed by atoms with Gasteiger partial charge in [0.25, 0.3) is 0 Å². The third-order valence-corrected chi connectivity index (χ3v) is 5.91. The zero-order chi connectivity index (χ0) is 21.6. The van der Waals surface area contributed by atoms with Crippen molar-refractivity contribution < 1.29 is 27.8 Å². The predicted octanol–water partition coefficient (Wildman–Crippen LogP) is 2.37. The van der Waals surface area contributed by atoms with Gasteiger partial charge in [-0.05, 0) is 48.4 Å². The summed E-state index contributed by atoms with van der Waals surface area (Å²) >= 11 is 0. The van der Waals surface area contributed by atoms with Crippen LogP contribution in [0.5, 0.6) is 11.5 Å². The number of carbonyl (C=O) groups is 1. The molecular formula is C20H26N2O6S. The van der Waals surface area contributed by atoms with Crippen LogP contribution in [-0.2, 0) is 14.8 Å². The van der Waals surface area contributed by atoms with Gasteiger partial charge in [-0.3, -0.25) is 4.79 Å².